The number of ether oxygens (including phenoxy) is 2. The van der Waals surface area contributed by atoms with E-state index in [1.807, 2.05) is 37.3 Å². The van der Waals surface area contributed by atoms with Crippen molar-refractivity contribution in [1.82, 2.24) is 4.90 Å². The van der Waals surface area contributed by atoms with Crippen molar-refractivity contribution in [2.45, 2.75) is 26.4 Å². The molecule has 0 unspecified atom stereocenters. The van der Waals surface area contributed by atoms with E-state index in [0.717, 1.165) is 23.7 Å². The summed E-state index contributed by atoms with van der Waals surface area (Å²) in [6.45, 7) is 2.76. The molecule has 0 atom stereocenters. The predicted octanol–water partition coefficient (Wildman–Crippen LogP) is 8.29. The van der Waals surface area contributed by atoms with E-state index in [2.05, 4.69) is 0 Å². The number of thioether (sulfide) groups is 1. The van der Waals surface area contributed by atoms with E-state index in [0.29, 0.717) is 56.6 Å². The highest BCUT2D eigenvalue weighted by Crippen LogP contribution is 2.40. The Morgan fingerprint density at radius 2 is 1.73 bits per heavy atom. The van der Waals surface area contributed by atoms with Gasteiger partial charge < -0.3 is 9.47 Å². The van der Waals surface area contributed by atoms with Crippen LogP contribution in [0.1, 0.15) is 30.0 Å². The number of rotatable bonds is 10. The van der Waals surface area contributed by atoms with E-state index in [1.165, 1.54) is 10.5 Å². The molecule has 1 aliphatic rings. The van der Waals surface area contributed by atoms with Gasteiger partial charge in [-0.15, -0.1) is 0 Å². The minimum Gasteiger partial charge on any atom is -0.490 e. The molecule has 1 saturated heterocycles. The number of nitrogens with zero attached hydrogens (tertiary/aromatic N) is 1. The molecule has 0 saturated carbocycles. The van der Waals surface area contributed by atoms with Gasteiger partial charge in [0, 0.05) is 22.2 Å². The number of aryl methyl sites for hydroxylation is 1. The molecule has 1 fully saturated rings. The van der Waals surface area contributed by atoms with Crippen molar-refractivity contribution in [3.05, 3.63) is 97.3 Å². The Balaban J connectivity index is 1.47. The first-order valence-electron chi connectivity index (χ1n) is 11.7. The zero-order valence-corrected chi connectivity index (χ0v) is 23.1. The Morgan fingerprint density at radius 3 is 2.46 bits per heavy atom. The van der Waals surface area contributed by atoms with Crippen molar-refractivity contribution in [2.75, 3.05) is 13.2 Å². The number of hydrogen-bond acceptors (Lipinski definition) is 5. The summed E-state index contributed by atoms with van der Waals surface area (Å²) >= 11 is 19.7. The van der Waals surface area contributed by atoms with Gasteiger partial charge in [-0.2, -0.15) is 0 Å². The monoisotopic (exact) mass is 575 g/mol. The van der Waals surface area contributed by atoms with Gasteiger partial charge in [-0.3, -0.25) is 14.5 Å². The summed E-state index contributed by atoms with van der Waals surface area (Å²) in [6, 6.07) is 18.5. The molecule has 0 aromatic heterocycles. The molecule has 0 N–H and O–H groups in total. The summed E-state index contributed by atoms with van der Waals surface area (Å²) in [7, 11) is 0. The summed E-state index contributed by atoms with van der Waals surface area (Å²) in [5, 5.41) is 1.05. The fourth-order valence-corrected chi connectivity index (χ4v) is 5.39. The van der Waals surface area contributed by atoms with Crippen LogP contribution in [0.2, 0.25) is 15.1 Å². The average Bonchev–Trinajstić information content (AvgIpc) is 3.12. The molecule has 0 spiro atoms. The Kier molecular flexibility index (Phi) is 9.43. The average molecular weight is 577 g/mol. The van der Waals surface area contributed by atoms with E-state index >= 15 is 0 Å². The van der Waals surface area contributed by atoms with Crippen molar-refractivity contribution in [2.24, 2.45) is 0 Å². The first-order chi connectivity index (χ1) is 17.9. The fraction of sp³-hybridized carbons (Fsp3) is 0.214. The normalized spacial score (nSPS) is 14.5. The first kappa shape index (κ1) is 27.4. The smallest absolute Gasteiger partial charge is 0.293 e. The number of imide groups is 1. The maximum Gasteiger partial charge on any atom is 0.293 e. The van der Waals surface area contributed by atoms with E-state index in [9.17, 15) is 9.59 Å². The summed E-state index contributed by atoms with van der Waals surface area (Å²) in [5.41, 5.74) is 2.54. The molecule has 192 valence electrons. The number of halogens is 3. The summed E-state index contributed by atoms with van der Waals surface area (Å²) in [5.74, 6) is 0.476. The highest BCUT2D eigenvalue weighted by molar-refractivity contribution is 8.18. The van der Waals surface area contributed by atoms with Crippen LogP contribution in [-0.2, 0) is 17.8 Å². The SMILES string of the molecule is CCOc1cc(/C=C2/SC(=O)N(CCCc3ccccc3)C2=O)cc(Cl)c1OCc1ccc(Cl)cc1Cl. The maximum atomic E-state index is 12.9. The summed E-state index contributed by atoms with van der Waals surface area (Å²) in [6.07, 6.45) is 3.13. The molecular formula is C28H24Cl3NO4S. The van der Waals surface area contributed by atoms with Crippen LogP contribution < -0.4 is 9.47 Å². The number of carbonyl (C=O) groups is 2. The van der Waals surface area contributed by atoms with Crippen molar-refractivity contribution < 1.29 is 19.1 Å². The fourth-order valence-electron chi connectivity index (χ4n) is 3.79. The minimum absolute atomic E-state index is 0.164. The Hall–Kier alpha value is -2.64. The second-order valence-electron chi connectivity index (χ2n) is 8.21. The Labute approximate surface area is 235 Å². The van der Waals surface area contributed by atoms with Crippen molar-refractivity contribution in [1.29, 1.82) is 0 Å². The molecule has 9 heteroatoms. The Bertz CT molecular complexity index is 1330. The lowest BCUT2D eigenvalue weighted by molar-refractivity contribution is -0.122. The van der Waals surface area contributed by atoms with Crippen LogP contribution in [-0.4, -0.2) is 29.2 Å². The predicted molar refractivity (Wildman–Crippen MR) is 151 cm³/mol. The molecule has 3 aromatic carbocycles. The molecule has 5 nitrogen and oxygen atoms in total. The van der Waals surface area contributed by atoms with Crippen LogP contribution in [0.25, 0.3) is 6.08 Å². The van der Waals surface area contributed by atoms with Gasteiger partial charge in [0.15, 0.2) is 11.5 Å². The van der Waals surface area contributed by atoms with Gasteiger partial charge in [0.1, 0.15) is 6.61 Å². The maximum absolute atomic E-state index is 12.9. The van der Waals surface area contributed by atoms with Crippen LogP contribution in [0, 0.1) is 0 Å². The summed E-state index contributed by atoms with van der Waals surface area (Å²) < 4.78 is 11.7. The van der Waals surface area contributed by atoms with E-state index < -0.39 is 0 Å². The zero-order valence-electron chi connectivity index (χ0n) is 20.0. The van der Waals surface area contributed by atoms with E-state index in [4.69, 9.17) is 44.3 Å². The van der Waals surface area contributed by atoms with Crippen molar-refractivity contribution in [3.63, 3.8) is 0 Å². The number of hydrogen-bond donors (Lipinski definition) is 0. The minimum atomic E-state index is -0.310. The van der Waals surface area contributed by atoms with Crippen LogP contribution >= 0.6 is 46.6 Å². The third kappa shape index (κ3) is 7.02. The van der Waals surface area contributed by atoms with Gasteiger partial charge in [0.2, 0.25) is 0 Å². The van der Waals surface area contributed by atoms with Gasteiger partial charge in [0.25, 0.3) is 11.1 Å². The van der Waals surface area contributed by atoms with Gasteiger partial charge >= 0.3 is 0 Å². The van der Waals surface area contributed by atoms with Crippen LogP contribution in [0.5, 0.6) is 11.5 Å². The zero-order chi connectivity index (χ0) is 26.4. The lowest BCUT2D eigenvalue weighted by Crippen LogP contribution is -2.29. The second-order valence-corrected chi connectivity index (χ2v) is 10.5. The standard InChI is InChI=1S/C28H24Cl3NO4S/c1-2-35-24-14-19(13-23(31)26(24)36-17-20-10-11-21(29)16-22(20)30)15-25-27(33)32(28(34)37-25)12-6-9-18-7-4-3-5-8-18/h3-5,7-8,10-11,13-16H,2,6,9,12,17H2,1H3/b25-15+. The molecule has 0 radical (unpaired) electrons. The lowest BCUT2D eigenvalue weighted by Gasteiger charge is -2.15. The molecular weight excluding hydrogens is 553 g/mol. The molecule has 0 bridgehead atoms. The highest BCUT2D eigenvalue weighted by atomic mass is 35.5. The van der Waals surface area contributed by atoms with Gasteiger partial charge in [-0.1, -0.05) is 71.2 Å². The molecule has 4 rings (SSSR count). The number of amides is 2. The topological polar surface area (TPSA) is 55.8 Å². The molecule has 1 heterocycles. The largest absolute Gasteiger partial charge is 0.490 e. The van der Waals surface area contributed by atoms with Gasteiger partial charge in [0.05, 0.1) is 16.5 Å². The summed E-state index contributed by atoms with van der Waals surface area (Å²) in [4.78, 5) is 27.1. The highest BCUT2D eigenvalue weighted by Gasteiger charge is 2.34. The van der Waals surface area contributed by atoms with Crippen molar-refractivity contribution in [3.8, 4) is 11.5 Å². The number of carbonyl (C=O) groups excluding carboxylic acids is 2. The molecule has 1 aliphatic heterocycles. The van der Waals surface area contributed by atoms with E-state index in [1.54, 1.807) is 36.4 Å². The van der Waals surface area contributed by atoms with E-state index in [-0.39, 0.29) is 17.8 Å². The molecule has 3 aromatic rings. The van der Waals surface area contributed by atoms with Crippen LogP contribution in [0.3, 0.4) is 0 Å². The molecule has 0 aliphatic carbocycles. The van der Waals surface area contributed by atoms with Crippen LogP contribution in [0.15, 0.2) is 65.6 Å². The molecule has 2 amide bonds. The quantitative estimate of drug-likeness (QED) is 0.227. The third-order valence-corrected chi connectivity index (χ3v) is 7.36. The van der Waals surface area contributed by atoms with Gasteiger partial charge in [-0.05, 0) is 73.0 Å². The second kappa shape index (κ2) is 12.7. The molecule has 37 heavy (non-hydrogen) atoms. The number of benzene rings is 3. The van der Waals surface area contributed by atoms with Crippen molar-refractivity contribution >= 4 is 63.8 Å². The lowest BCUT2D eigenvalue weighted by atomic mass is 10.1. The van der Waals surface area contributed by atoms with Crippen LogP contribution in [0.4, 0.5) is 4.79 Å². The Morgan fingerprint density at radius 1 is 0.946 bits per heavy atom. The van der Waals surface area contributed by atoms with Gasteiger partial charge in [-0.25, -0.2) is 0 Å². The first-order valence-corrected chi connectivity index (χ1v) is 13.6. The third-order valence-electron chi connectivity index (χ3n) is 5.58.